The molecule has 0 aliphatic carbocycles. The smallest absolute Gasteiger partial charge is 0.166 e. The average Bonchev–Trinajstić information content (AvgIpc) is 2.58. The van der Waals surface area contributed by atoms with Crippen molar-refractivity contribution in [1.82, 2.24) is 4.98 Å². The molecule has 0 radical (unpaired) electrons. The normalized spacial score (nSPS) is 11.1. The van der Waals surface area contributed by atoms with E-state index in [2.05, 4.69) is 11.9 Å². The standard InChI is InChI=1S/C21H29NO2/c1-3-4-5-6-7-8-9-10-11-19(23)18-15-14-17-13-12-16(2)22-20(17)21(18)24/h12-15,24H,3-11H2,1-2H3. The Balaban J connectivity index is 1.84. The number of Topliss-reactive ketones (excluding diaryl/α,β-unsaturated/α-hetero) is 1. The van der Waals surface area contributed by atoms with Gasteiger partial charge in [-0.15, -0.1) is 0 Å². The number of benzene rings is 1. The number of pyridine rings is 1. The molecular weight excluding hydrogens is 298 g/mol. The maximum atomic E-state index is 12.4. The Morgan fingerprint density at radius 3 is 2.29 bits per heavy atom. The highest BCUT2D eigenvalue weighted by Gasteiger charge is 2.14. The van der Waals surface area contributed by atoms with Crippen LogP contribution in [0.15, 0.2) is 24.3 Å². The van der Waals surface area contributed by atoms with E-state index >= 15 is 0 Å². The predicted molar refractivity (Wildman–Crippen MR) is 99.7 cm³/mol. The minimum atomic E-state index is 0.0173. The Kier molecular flexibility index (Phi) is 7.23. The molecule has 1 N–H and O–H groups in total. The van der Waals surface area contributed by atoms with Gasteiger partial charge < -0.3 is 5.11 Å². The second kappa shape index (κ2) is 9.41. The van der Waals surface area contributed by atoms with Crippen LogP contribution in [0.5, 0.6) is 5.75 Å². The molecule has 0 aliphatic heterocycles. The predicted octanol–water partition coefficient (Wildman–Crippen LogP) is 5.96. The minimum Gasteiger partial charge on any atom is -0.505 e. The number of carbonyl (C=O) groups excluding carboxylic acids is 1. The minimum absolute atomic E-state index is 0.0173. The summed E-state index contributed by atoms with van der Waals surface area (Å²) in [6, 6.07) is 7.41. The summed E-state index contributed by atoms with van der Waals surface area (Å²) in [6.07, 6.45) is 10.2. The number of ketones is 1. The van der Waals surface area contributed by atoms with Crippen LogP contribution in [-0.2, 0) is 0 Å². The third kappa shape index (κ3) is 5.05. The molecule has 0 aliphatic rings. The molecule has 0 fully saturated rings. The van der Waals surface area contributed by atoms with Gasteiger partial charge in [0, 0.05) is 17.5 Å². The van der Waals surface area contributed by atoms with Gasteiger partial charge in [0.15, 0.2) is 11.5 Å². The van der Waals surface area contributed by atoms with Crippen LogP contribution in [0.3, 0.4) is 0 Å². The first-order chi connectivity index (χ1) is 11.6. The third-order valence-corrected chi connectivity index (χ3v) is 4.53. The summed E-state index contributed by atoms with van der Waals surface area (Å²) in [4.78, 5) is 16.7. The van der Waals surface area contributed by atoms with Gasteiger partial charge in [0.1, 0.15) is 5.52 Å². The summed E-state index contributed by atoms with van der Waals surface area (Å²) in [5, 5.41) is 11.2. The lowest BCUT2D eigenvalue weighted by Crippen LogP contribution is -2.00. The van der Waals surface area contributed by atoms with Crippen molar-refractivity contribution in [2.24, 2.45) is 0 Å². The Morgan fingerprint density at radius 2 is 1.58 bits per heavy atom. The largest absolute Gasteiger partial charge is 0.505 e. The molecule has 24 heavy (non-hydrogen) atoms. The van der Waals surface area contributed by atoms with Crippen molar-refractivity contribution < 1.29 is 9.90 Å². The van der Waals surface area contributed by atoms with E-state index < -0.39 is 0 Å². The number of carbonyl (C=O) groups is 1. The Labute approximate surface area is 145 Å². The summed E-state index contributed by atoms with van der Waals surface area (Å²) in [5.41, 5.74) is 1.77. The van der Waals surface area contributed by atoms with Crippen molar-refractivity contribution in [2.45, 2.75) is 71.6 Å². The highest BCUT2D eigenvalue weighted by atomic mass is 16.3. The molecule has 0 amide bonds. The van der Waals surface area contributed by atoms with Crippen molar-refractivity contribution in [3.8, 4) is 5.75 Å². The number of fused-ring (bicyclic) bond motifs is 1. The number of rotatable bonds is 10. The fraction of sp³-hybridized carbons (Fsp3) is 0.524. The molecule has 3 nitrogen and oxygen atoms in total. The number of nitrogens with zero attached hydrogens (tertiary/aromatic N) is 1. The lowest BCUT2D eigenvalue weighted by Gasteiger charge is -2.07. The van der Waals surface area contributed by atoms with Crippen LogP contribution < -0.4 is 0 Å². The van der Waals surface area contributed by atoms with Gasteiger partial charge in [-0.25, -0.2) is 4.98 Å². The molecule has 0 saturated heterocycles. The molecule has 2 rings (SSSR count). The van der Waals surface area contributed by atoms with Crippen molar-refractivity contribution in [1.29, 1.82) is 0 Å². The fourth-order valence-corrected chi connectivity index (χ4v) is 3.05. The van der Waals surface area contributed by atoms with Gasteiger partial charge in [-0.1, -0.05) is 64.0 Å². The number of aromatic hydroxyl groups is 1. The van der Waals surface area contributed by atoms with E-state index in [1.54, 1.807) is 6.07 Å². The van der Waals surface area contributed by atoms with E-state index in [0.29, 0.717) is 17.5 Å². The van der Waals surface area contributed by atoms with Gasteiger partial charge in [0.05, 0.1) is 5.56 Å². The zero-order chi connectivity index (χ0) is 17.4. The van der Waals surface area contributed by atoms with E-state index in [0.717, 1.165) is 23.9 Å². The SMILES string of the molecule is CCCCCCCCCCC(=O)c1ccc2ccc(C)nc2c1O. The topological polar surface area (TPSA) is 50.2 Å². The van der Waals surface area contributed by atoms with Gasteiger partial charge >= 0.3 is 0 Å². The maximum absolute atomic E-state index is 12.4. The Hall–Kier alpha value is -1.90. The molecule has 1 heterocycles. The molecule has 2 aromatic rings. The highest BCUT2D eigenvalue weighted by Crippen LogP contribution is 2.28. The summed E-state index contributed by atoms with van der Waals surface area (Å²) >= 11 is 0. The molecule has 130 valence electrons. The van der Waals surface area contributed by atoms with Crippen molar-refractivity contribution >= 4 is 16.7 Å². The summed E-state index contributed by atoms with van der Waals surface area (Å²) in [5.74, 6) is 0.0458. The number of hydrogen-bond acceptors (Lipinski definition) is 3. The van der Waals surface area contributed by atoms with Gasteiger partial charge in [-0.05, 0) is 25.5 Å². The molecule has 3 heteroatoms. The molecule has 0 spiro atoms. The lowest BCUT2D eigenvalue weighted by atomic mass is 10.0. The molecule has 1 aromatic carbocycles. The zero-order valence-corrected chi connectivity index (χ0v) is 15.0. The van der Waals surface area contributed by atoms with Crippen molar-refractivity contribution in [2.75, 3.05) is 0 Å². The molecular formula is C21H29NO2. The summed E-state index contributed by atoms with van der Waals surface area (Å²) in [6.45, 7) is 4.11. The fourth-order valence-electron chi connectivity index (χ4n) is 3.05. The van der Waals surface area contributed by atoms with Gasteiger partial charge in [-0.2, -0.15) is 0 Å². The van der Waals surface area contributed by atoms with Crippen LogP contribution in [-0.4, -0.2) is 15.9 Å². The number of phenols is 1. The Bertz CT molecular complexity index is 679. The number of unbranched alkanes of at least 4 members (excludes halogenated alkanes) is 7. The highest BCUT2D eigenvalue weighted by molar-refractivity contribution is 6.03. The van der Waals surface area contributed by atoms with E-state index in [1.165, 1.54) is 38.5 Å². The van der Waals surface area contributed by atoms with E-state index in [1.807, 2.05) is 25.1 Å². The second-order valence-corrected chi connectivity index (χ2v) is 6.63. The molecule has 1 aromatic heterocycles. The second-order valence-electron chi connectivity index (χ2n) is 6.63. The number of hydrogen-bond donors (Lipinski definition) is 1. The monoisotopic (exact) mass is 327 g/mol. The first-order valence-corrected chi connectivity index (χ1v) is 9.26. The van der Waals surface area contributed by atoms with E-state index in [4.69, 9.17) is 0 Å². The number of aryl methyl sites for hydroxylation is 1. The molecule has 0 unspecified atom stereocenters. The summed E-state index contributed by atoms with van der Waals surface area (Å²) < 4.78 is 0. The van der Waals surface area contributed by atoms with Crippen LogP contribution in [0, 0.1) is 6.92 Å². The first-order valence-electron chi connectivity index (χ1n) is 9.26. The van der Waals surface area contributed by atoms with Crippen LogP contribution in [0.4, 0.5) is 0 Å². The lowest BCUT2D eigenvalue weighted by molar-refractivity contribution is 0.0976. The van der Waals surface area contributed by atoms with Crippen LogP contribution in [0.1, 0.15) is 80.8 Å². The maximum Gasteiger partial charge on any atom is 0.166 e. The van der Waals surface area contributed by atoms with E-state index in [9.17, 15) is 9.90 Å². The molecule has 0 bridgehead atoms. The Morgan fingerprint density at radius 1 is 0.958 bits per heavy atom. The average molecular weight is 327 g/mol. The third-order valence-electron chi connectivity index (χ3n) is 4.53. The summed E-state index contributed by atoms with van der Waals surface area (Å²) in [7, 11) is 0. The van der Waals surface area contributed by atoms with Crippen LogP contribution in [0.25, 0.3) is 10.9 Å². The van der Waals surface area contributed by atoms with Crippen LogP contribution in [0.2, 0.25) is 0 Å². The number of phenolic OH excluding ortho intramolecular Hbond substituents is 1. The van der Waals surface area contributed by atoms with Gasteiger partial charge in [0.25, 0.3) is 0 Å². The van der Waals surface area contributed by atoms with Gasteiger partial charge in [0.2, 0.25) is 0 Å². The molecule has 0 atom stereocenters. The first kappa shape index (κ1) is 18.4. The zero-order valence-electron chi connectivity index (χ0n) is 15.0. The van der Waals surface area contributed by atoms with E-state index in [-0.39, 0.29) is 11.5 Å². The van der Waals surface area contributed by atoms with Gasteiger partial charge in [-0.3, -0.25) is 4.79 Å². The molecule has 0 saturated carbocycles. The van der Waals surface area contributed by atoms with Crippen molar-refractivity contribution in [3.05, 3.63) is 35.5 Å². The van der Waals surface area contributed by atoms with Crippen molar-refractivity contribution in [3.63, 3.8) is 0 Å². The number of aromatic nitrogens is 1. The van der Waals surface area contributed by atoms with Crippen LogP contribution >= 0.6 is 0 Å². The quantitative estimate of drug-likeness (QED) is 0.432.